The standard InChI is InChI=1S/C14H21NO4S/c1-4-6-15(7-5-2)12(16)9-19-11-8-10(3)20-13(11)14(17)18/h8H,4-7,9H2,1-3H3,(H,17,18). The van der Waals surface area contributed by atoms with Crippen LogP contribution in [0.25, 0.3) is 0 Å². The Bertz CT molecular complexity index is 464. The zero-order valence-electron chi connectivity index (χ0n) is 12.1. The minimum absolute atomic E-state index is 0.103. The summed E-state index contributed by atoms with van der Waals surface area (Å²) < 4.78 is 5.39. The van der Waals surface area contributed by atoms with Crippen molar-refractivity contribution in [3.05, 3.63) is 15.8 Å². The van der Waals surface area contributed by atoms with Gasteiger partial charge in [0.15, 0.2) is 11.5 Å². The van der Waals surface area contributed by atoms with Crippen LogP contribution in [0.1, 0.15) is 41.2 Å². The topological polar surface area (TPSA) is 66.8 Å². The third-order valence-corrected chi connectivity index (χ3v) is 3.73. The van der Waals surface area contributed by atoms with Crippen molar-refractivity contribution in [3.8, 4) is 5.75 Å². The van der Waals surface area contributed by atoms with Crippen LogP contribution in [0, 0.1) is 6.92 Å². The summed E-state index contributed by atoms with van der Waals surface area (Å²) in [5.41, 5.74) is 0. The number of rotatable bonds is 8. The number of carboxylic acids is 1. The molecule has 0 aliphatic carbocycles. The third kappa shape index (κ3) is 4.52. The van der Waals surface area contributed by atoms with Gasteiger partial charge in [-0.1, -0.05) is 13.8 Å². The molecule has 1 aromatic rings. The number of nitrogens with zero attached hydrogens (tertiary/aromatic N) is 1. The summed E-state index contributed by atoms with van der Waals surface area (Å²) >= 11 is 1.15. The number of hydrogen-bond donors (Lipinski definition) is 1. The Morgan fingerprint density at radius 2 is 1.90 bits per heavy atom. The van der Waals surface area contributed by atoms with Gasteiger partial charge in [-0.3, -0.25) is 4.79 Å². The molecule has 20 heavy (non-hydrogen) atoms. The first-order valence-corrected chi connectivity index (χ1v) is 7.55. The van der Waals surface area contributed by atoms with Gasteiger partial charge in [0, 0.05) is 18.0 Å². The SMILES string of the molecule is CCCN(CCC)C(=O)COc1cc(C)sc1C(=O)O. The average molecular weight is 299 g/mol. The fourth-order valence-corrected chi connectivity index (χ4v) is 2.67. The zero-order valence-corrected chi connectivity index (χ0v) is 13.0. The normalized spacial score (nSPS) is 10.3. The number of aromatic carboxylic acids is 1. The molecular weight excluding hydrogens is 278 g/mol. The number of carbonyl (C=O) groups excluding carboxylic acids is 1. The number of hydrogen-bond acceptors (Lipinski definition) is 4. The molecule has 112 valence electrons. The minimum atomic E-state index is -1.02. The first-order valence-electron chi connectivity index (χ1n) is 6.73. The number of aryl methyl sites for hydroxylation is 1. The van der Waals surface area contributed by atoms with E-state index in [0.29, 0.717) is 13.1 Å². The van der Waals surface area contributed by atoms with Crippen LogP contribution in [-0.4, -0.2) is 41.6 Å². The predicted molar refractivity (Wildman–Crippen MR) is 78.7 cm³/mol. The van der Waals surface area contributed by atoms with Crippen LogP contribution < -0.4 is 4.74 Å². The Morgan fingerprint density at radius 1 is 1.30 bits per heavy atom. The van der Waals surface area contributed by atoms with Crippen molar-refractivity contribution in [1.29, 1.82) is 0 Å². The second kappa shape index (κ2) is 7.89. The van der Waals surface area contributed by atoms with Crippen LogP contribution in [0.15, 0.2) is 6.07 Å². The molecule has 1 rings (SSSR count). The van der Waals surface area contributed by atoms with Gasteiger partial charge in [0.1, 0.15) is 5.75 Å². The number of thiophene rings is 1. The quantitative estimate of drug-likeness (QED) is 0.801. The van der Waals surface area contributed by atoms with Gasteiger partial charge in [0.25, 0.3) is 5.91 Å². The van der Waals surface area contributed by atoms with Gasteiger partial charge in [0.05, 0.1) is 0 Å². The van der Waals surface area contributed by atoms with Gasteiger partial charge in [-0.05, 0) is 25.8 Å². The molecule has 5 nitrogen and oxygen atoms in total. The lowest BCUT2D eigenvalue weighted by Gasteiger charge is -2.21. The second-order valence-corrected chi connectivity index (χ2v) is 5.78. The van der Waals surface area contributed by atoms with Crippen molar-refractivity contribution in [2.45, 2.75) is 33.6 Å². The maximum Gasteiger partial charge on any atom is 0.349 e. The molecule has 0 bridgehead atoms. The van der Waals surface area contributed by atoms with E-state index in [2.05, 4.69) is 0 Å². The van der Waals surface area contributed by atoms with Crippen LogP contribution in [-0.2, 0) is 4.79 Å². The molecule has 0 aliphatic heterocycles. The van der Waals surface area contributed by atoms with Gasteiger partial charge >= 0.3 is 5.97 Å². The van der Waals surface area contributed by atoms with E-state index in [4.69, 9.17) is 9.84 Å². The molecule has 0 unspecified atom stereocenters. The van der Waals surface area contributed by atoms with E-state index in [0.717, 1.165) is 29.1 Å². The summed E-state index contributed by atoms with van der Waals surface area (Å²) in [5.74, 6) is -0.847. The molecule has 0 spiro atoms. The maximum absolute atomic E-state index is 12.0. The molecule has 1 heterocycles. The molecule has 0 atom stereocenters. The maximum atomic E-state index is 12.0. The molecule has 0 aromatic carbocycles. The summed E-state index contributed by atoms with van der Waals surface area (Å²) in [6.45, 7) is 7.13. The van der Waals surface area contributed by atoms with Crippen LogP contribution in [0.2, 0.25) is 0 Å². The summed E-state index contributed by atoms with van der Waals surface area (Å²) in [6, 6.07) is 1.66. The van der Waals surface area contributed by atoms with E-state index in [1.54, 1.807) is 11.0 Å². The third-order valence-electron chi connectivity index (χ3n) is 2.71. The highest BCUT2D eigenvalue weighted by molar-refractivity contribution is 7.14. The summed E-state index contributed by atoms with van der Waals surface area (Å²) in [5, 5.41) is 9.06. The monoisotopic (exact) mass is 299 g/mol. The lowest BCUT2D eigenvalue weighted by atomic mass is 10.3. The summed E-state index contributed by atoms with van der Waals surface area (Å²) in [6.07, 6.45) is 1.79. The molecule has 1 N–H and O–H groups in total. The van der Waals surface area contributed by atoms with Gasteiger partial charge < -0.3 is 14.7 Å². The Morgan fingerprint density at radius 3 is 2.40 bits per heavy atom. The Kier molecular flexibility index (Phi) is 6.51. The molecule has 0 saturated heterocycles. The Labute approximate surface area is 123 Å². The minimum Gasteiger partial charge on any atom is -0.482 e. The van der Waals surface area contributed by atoms with Gasteiger partial charge in [-0.25, -0.2) is 4.79 Å². The molecule has 1 amide bonds. The number of carboxylic acid groups (broad SMARTS) is 1. The lowest BCUT2D eigenvalue weighted by molar-refractivity contribution is -0.133. The molecule has 0 aliphatic rings. The second-order valence-electron chi connectivity index (χ2n) is 4.53. The van der Waals surface area contributed by atoms with Crippen molar-refractivity contribution in [2.75, 3.05) is 19.7 Å². The highest BCUT2D eigenvalue weighted by Gasteiger charge is 2.18. The number of amides is 1. The Balaban J connectivity index is 2.66. The molecule has 0 radical (unpaired) electrons. The van der Waals surface area contributed by atoms with E-state index in [1.807, 2.05) is 20.8 Å². The van der Waals surface area contributed by atoms with Crippen molar-refractivity contribution in [3.63, 3.8) is 0 Å². The van der Waals surface area contributed by atoms with Gasteiger partial charge in [-0.15, -0.1) is 11.3 Å². The molecule has 1 aromatic heterocycles. The molecular formula is C14H21NO4S. The van der Waals surface area contributed by atoms with Crippen LogP contribution in [0.4, 0.5) is 0 Å². The van der Waals surface area contributed by atoms with Crippen molar-refractivity contribution in [2.24, 2.45) is 0 Å². The van der Waals surface area contributed by atoms with Gasteiger partial charge in [-0.2, -0.15) is 0 Å². The lowest BCUT2D eigenvalue weighted by Crippen LogP contribution is -2.36. The molecule has 0 fully saturated rings. The molecule has 0 saturated carbocycles. The van der Waals surface area contributed by atoms with E-state index in [1.165, 1.54) is 0 Å². The van der Waals surface area contributed by atoms with E-state index in [-0.39, 0.29) is 23.1 Å². The smallest absolute Gasteiger partial charge is 0.349 e. The van der Waals surface area contributed by atoms with Crippen molar-refractivity contribution in [1.82, 2.24) is 4.90 Å². The average Bonchev–Trinajstić information content (AvgIpc) is 2.77. The number of carbonyl (C=O) groups is 2. The van der Waals surface area contributed by atoms with E-state index in [9.17, 15) is 9.59 Å². The largest absolute Gasteiger partial charge is 0.482 e. The van der Waals surface area contributed by atoms with E-state index >= 15 is 0 Å². The summed E-state index contributed by atoms with van der Waals surface area (Å²) in [7, 11) is 0. The van der Waals surface area contributed by atoms with Crippen LogP contribution in [0.5, 0.6) is 5.75 Å². The van der Waals surface area contributed by atoms with E-state index < -0.39 is 5.97 Å². The first-order chi connectivity index (χ1) is 9.49. The fourth-order valence-electron chi connectivity index (χ4n) is 1.88. The Hall–Kier alpha value is -1.56. The van der Waals surface area contributed by atoms with Crippen molar-refractivity contribution >= 4 is 23.2 Å². The van der Waals surface area contributed by atoms with Gasteiger partial charge in [0.2, 0.25) is 0 Å². The predicted octanol–water partition coefficient (Wildman–Crippen LogP) is 2.78. The first kappa shape index (κ1) is 16.5. The van der Waals surface area contributed by atoms with Crippen molar-refractivity contribution < 1.29 is 19.4 Å². The zero-order chi connectivity index (χ0) is 15.1. The summed E-state index contributed by atoms with van der Waals surface area (Å²) in [4.78, 5) is 25.8. The highest BCUT2D eigenvalue weighted by Crippen LogP contribution is 2.28. The highest BCUT2D eigenvalue weighted by atomic mass is 32.1. The van der Waals surface area contributed by atoms with Crippen LogP contribution >= 0.6 is 11.3 Å². The molecule has 6 heteroatoms. The fraction of sp³-hybridized carbons (Fsp3) is 0.571. The van der Waals surface area contributed by atoms with Crippen LogP contribution in [0.3, 0.4) is 0 Å². The number of ether oxygens (including phenoxy) is 1.